The first-order valence-electron chi connectivity index (χ1n) is 7.99. The van der Waals surface area contributed by atoms with Crippen LogP contribution >= 0.6 is 0 Å². The molecule has 4 nitrogen and oxygen atoms in total. The Morgan fingerprint density at radius 3 is 2.86 bits per heavy atom. The number of rotatable bonds is 2. The van der Waals surface area contributed by atoms with Gasteiger partial charge in [0.05, 0.1) is 25.4 Å². The van der Waals surface area contributed by atoms with E-state index in [1.54, 1.807) is 0 Å². The standard InChI is InChI=1S/C17H26N2O2/c1-17(2,3)15-9-12(11-20)10-16(18-15)19-7-8-21-14-6-4-5-13(14)19/h9-10,13-14,20H,4-8,11H2,1-3H3. The summed E-state index contributed by atoms with van der Waals surface area (Å²) in [5.74, 6) is 1.01. The van der Waals surface area contributed by atoms with E-state index >= 15 is 0 Å². The van der Waals surface area contributed by atoms with Gasteiger partial charge in [0.15, 0.2) is 0 Å². The number of aliphatic hydroxyl groups excluding tert-OH is 1. The van der Waals surface area contributed by atoms with Crippen LogP contribution in [0.15, 0.2) is 12.1 Å². The first-order valence-corrected chi connectivity index (χ1v) is 7.99. The fourth-order valence-electron chi connectivity index (χ4n) is 3.40. The van der Waals surface area contributed by atoms with Crippen LogP contribution in [0.3, 0.4) is 0 Å². The highest BCUT2D eigenvalue weighted by Gasteiger charge is 2.37. The molecule has 1 saturated carbocycles. The van der Waals surface area contributed by atoms with Crippen LogP contribution < -0.4 is 4.90 Å². The summed E-state index contributed by atoms with van der Waals surface area (Å²) in [6.45, 7) is 8.23. The molecule has 4 heteroatoms. The molecule has 0 amide bonds. The number of ether oxygens (including phenoxy) is 1. The highest BCUT2D eigenvalue weighted by atomic mass is 16.5. The summed E-state index contributed by atoms with van der Waals surface area (Å²) in [6.07, 6.45) is 3.93. The van der Waals surface area contributed by atoms with Gasteiger partial charge in [-0.15, -0.1) is 0 Å². The minimum absolute atomic E-state index is 0.0126. The van der Waals surface area contributed by atoms with Gasteiger partial charge in [0.25, 0.3) is 0 Å². The molecule has 1 N–H and O–H groups in total. The smallest absolute Gasteiger partial charge is 0.129 e. The van der Waals surface area contributed by atoms with Crippen LogP contribution in [0.5, 0.6) is 0 Å². The fourth-order valence-corrected chi connectivity index (χ4v) is 3.40. The maximum absolute atomic E-state index is 9.57. The molecule has 116 valence electrons. The molecule has 2 unspecified atom stereocenters. The Hall–Kier alpha value is -1.13. The Morgan fingerprint density at radius 1 is 1.33 bits per heavy atom. The van der Waals surface area contributed by atoms with Gasteiger partial charge in [0.2, 0.25) is 0 Å². The van der Waals surface area contributed by atoms with Gasteiger partial charge >= 0.3 is 0 Å². The second-order valence-electron chi connectivity index (χ2n) is 7.23. The van der Waals surface area contributed by atoms with Crippen molar-refractivity contribution in [2.24, 2.45) is 0 Å². The molecule has 0 aromatic carbocycles. The van der Waals surface area contributed by atoms with E-state index in [1.807, 2.05) is 12.1 Å². The van der Waals surface area contributed by atoms with Gasteiger partial charge in [-0.3, -0.25) is 0 Å². The Morgan fingerprint density at radius 2 is 2.14 bits per heavy atom. The number of anilines is 1. The maximum Gasteiger partial charge on any atom is 0.129 e. The summed E-state index contributed by atoms with van der Waals surface area (Å²) >= 11 is 0. The van der Waals surface area contributed by atoms with E-state index in [4.69, 9.17) is 9.72 Å². The van der Waals surface area contributed by atoms with Gasteiger partial charge in [-0.25, -0.2) is 4.98 Å². The predicted octanol–water partition coefficient (Wildman–Crippen LogP) is 2.63. The van der Waals surface area contributed by atoms with Gasteiger partial charge < -0.3 is 14.7 Å². The lowest BCUT2D eigenvalue weighted by Gasteiger charge is -2.39. The minimum Gasteiger partial charge on any atom is -0.392 e. The molecular weight excluding hydrogens is 264 g/mol. The molecule has 1 aliphatic heterocycles. The summed E-state index contributed by atoms with van der Waals surface area (Å²) in [5.41, 5.74) is 1.98. The number of morpholine rings is 1. The van der Waals surface area contributed by atoms with Crippen molar-refractivity contribution < 1.29 is 9.84 Å². The summed E-state index contributed by atoms with van der Waals surface area (Å²) in [4.78, 5) is 7.29. The van der Waals surface area contributed by atoms with Crippen LogP contribution in [0.4, 0.5) is 5.82 Å². The van der Waals surface area contributed by atoms with Crippen molar-refractivity contribution in [1.82, 2.24) is 4.98 Å². The molecule has 1 saturated heterocycles. The first-order chi connectivity index (χ1) is 9.99. The van der Waals surface area contributed by atoms with Crippen LogP contribution in [-0.4, -0.2) is 35.4 Å². The van der Waals surface area contributed by atoms with Gasteiger partial charge in [0, 0.05) is 17.7 Å². The molecule has 3 rings (SSSR count). The van der Waals surface area contributed by atoms with E-state index in [2.05, 4.69) is 25.7 Å². The largest absolute Gasteiger partial charge is 0.392 e. The van der Waals surface area contributed by atoms with E-state index in [0.717, 1.165) is 36.6 Å². The fraction of sp³-hybridized carbons (Fsp3) is 0.706. The van der Waals surface area contributed by atoms with E-state index in [-0.39, 0.29) is 12.0 Å². The van der Waals surface area contributed by atoms with Crippen molar-refractivity contribution in [3.63, 3.8) is 0 Å². The van der Waals surface area contributed by atoms with E-state index in [9.17, 15) is 5.11 Å². The van der Waals surface area contributed by atoms with Crippen molar-refractivity contribution in [2.45, 2.75) is 64.2 Å². The van der Waals surface area contributed by atoms with E-state index in [1.165, 1.54) is 12.8 Å². The zero-order valence-electron chi connectivity index (χ0n) is 13.3. The third-order valence-corrected chi connectivity index (χ3v) is 4.60. The molecule has 2 heterocycles. The Kier molecular flexibility index (Phi) is 3.93. The number of aromatic nitrogens is 1. The van der Waals surface area contributed by atoms with Crippen LogP contribution in [0.2, 0.25) is 0 Å². The molecular formula is C17H26N2O2. The van der Waals surface area contributed by atoms with Crippen molar-refractivity contribution in [3.8, 4) is 0 Å². The van der Waals surface area contributed by atoms with Crippen molar-refractivity contribution in [2.75, 3.05) is 18.1 Å². The molecule has 0 radical (unpaired) electrons. The highest BCUT2D eigenvalue weighted by Crippen LogP contribution is 2.34. The molecule has 21 heavy (non-hydrogen) atoms. The zero-order chi connectivity index (χ0) is 15.0. The van der Waals surface area contributed by atoms with E-state index < -0.39 is 0 Å². The molecule has 1 aromatic rings. The lowest BCUT2D eigenvalue weighted by atomic mass is 9.90. The van der Waals surface area contributed by atoms with Crippen molar-refractivity contribution in [1.29, 1.82) is 0 Å². The number of fused-ring (bicyclic) bond motifs is 1. The minimum atomic E-state index is -0.0126. The molecule has 2 aliphatic rings. The van der Waals surface area contributed by atoms with Gasteiger partial charge in [0.1, 0.15) is 5.82 Å². The maximum atomic E-state index is 9.57. The SMILES string of the molecule is CC(C)(C)c1cc(CO)cc(N2CCOC3CCCC32)n1. The molecule has 1 aliphatic carbocycles. The number of pyridine rings is 1. The van der Waals surface area contributed by atoms with Gasteiger partial charge in [-0.05, 0) is 37.0 Å². The first kappa shape index (κ1) is 14.8. The van der Waals surface area contributed by atoms with Crippen molar-refractivity contribution in [3.05, 3.63) is 23.4 Å². The second-order valence-corrected chi connectivity index (χ2v) is 7.23. The Bertz CT molecular complexity index is 510. The molecule has 0 bridgehead atoms. The molecule has 0 spiro atoms. The quantitative estimate of drug-likeness (QED) is 0.909. The number of hydrogen-bond donors (Lipinski definition) is 1. The Balaban J connectivity index is 1.97. The van der Waals surface area contributed by atoms with Crippen LogP contribution in [0, 0.1) is 0 Å². The van der Waals surface area contributed by atoms with E-state index in [0.29, 0.717) is 12.1 Å². The highest BCUT2D eigenvalue weighted by molar-refractivity contribution is 5.46. The Labute approximate surface area is 127 Å². The average Bonchev–Trinajstić information content (AvgIpc) is 2.94. The predicted molar refractivity (Wildman–Crippen MR) is 83.6 cm³/mol. The van der Waals surface area contributed by atoms with Crippen LogP contribution in [0.1, 0.15) is 51.3 Å². The lowest BCUT2D eigenvalue weighted by molar-refractivity contribution is 0.0253. The third-order valence-electron chi connectivity index (χ3n) is 4.60. The lowest BCUT2D eigenvalue weighted by Crippen LogP contribution is -2.49. The normalized spacial score (nSPS) is 26.0. The van der Waals surface area contributed by atoms with Crippen LogP contribution in [0.25, 0.3) is 0 Å². The van der Waals surface area contributed by atoms with Gasteiger partial charge in [-0.2, -0.15) is 0 Å². The summed E-state index contributed by atoms with van der Waals surface area (Å²) in [5, 5.41) is 9.57. The number of aliphatic hydroxyl groups is 1. The summed E-state index contributed by atoms with van der Waals surface area (Å²) < 4.78 is 5.89. The average molecular weight is 290 g/mol. The van der Waals surface area contributed by atoms with Crippen LogP contribution in [-0.2, 0) is 16.8 Å². The molecule has 1 aromatic heterocycles. The third kappa shape index (κ3) is 2.92. The monoisotopic (exact) mass is 290 g/mol. The van der Waals surface area contributed by atoms with Crippen molar-refractivity contribution >= 4 is 5.82 Å². The van der Waals surface area contributed by atoms with Gasteiger partial charge in [-0.1, -0.05) is 20.8 Å². The summed E-state index contributed by atoms with van der Waals surface area (Å²) in [6, 6.07) is 4.51. The molecule has 2 fully saturated rings. The number of hydrogen-bond acceptors (Lipinski definition) is 4. The zero-order valence-corrected chi connectivity index (χ0v) is 13.3. The molecule has 2 atom stereocenters. The second kappa shape index (κ2) is 5.58. The summed E-state index contributed by atoms with van der Waals surface area (Å²) in [7, 11) is 0. The number of nitrogens with zero attached hydrogens (tertiary/aromatic N) is 2. The topological polar surface area (TPSA) is 45.6 Å².